The summed E-state index contributed by atoms with van der Waals surface area (Å²) < 4.78 is 23.3. The van der Waals surface area contributed by atoms with E-state index in [0.717, 1.165) is 32.7 Å². The van der Waals surface area contributed by atoms with Crippen LogP contribution in [0.5, 0.6) is 23.0 Å². The molecule has 0 heterocycles. The Morgan fingerprint density at radius 2 is 0.818 bits per heavy atom. The summed E-state index contributed by atoms with van der Waals surface area (Å²) in [5.74, 6) is 1.40. The van der Waals surface area contributed by atoms with Gasteiger partial charge in [-0.3, -0.25) is 0 Å². The zero-order chi connectivity index (χ0) is 30.2. The lowest BCUT2D eigenvalue weighted by molar-refractivity contribution is 0.151. The lowest BCUT2D eigenvalue weighted by atomic mass is 9.98. The number of rotatable bonds is 4. The quantitative estimate of drug-likeness (QED) is 0.118. The highest BCUT2D eigenvalue weighted by Gasteiger charge is 2.23. The highest BCUT2D eigenvalue weighted by molar-refractivity contribution is 6.13. The Balaban J connectivity index is 1.29. The van der Waals surface area contributed by atoms with Crippen LogP contribution >= 0.6 is 0 Å². The van der Waals surface area contributed by atoms with Crippen molar-refractivity contribution in [3.05, 3.63) is 132 Å². The summed E-state index contributed by atoms with van der Waals surface area (Å²) in [6, 6.07) is 37.6. The molecule has 6 nitrogen and oxygen atoms in total. The second kappa shape index (κ2) is 11.1. The molecule has 44 heavy (non-hydrogen) atoms. The number of ether oxygens (including phenoxy) is 4. The van der Waals surface area contributed by atoms with Crippen LogP contribution in [0.15, 0.2) is 121 Å². The van der Waals surface area contributed by atoms with Gasteiger partial charge in [-0.25, -0.2) is 9.59 Å². The lowest BCUT2D eigenvalue weighted by Crippen LogP contribution is -2.16. The molecule has 0 unspecified atom stereocenters. The third-order valence-corrected chi connectivity index (χ3v) is 7.59. The molecule has 0 bridgehead atoms. The Bertz CT molecular complexity index is 2180. The van der Waals surface area contributed by atoms with Gasteiger partial charge in [0.15, 0.2) is 5.75 Å². The molecule has 214 valence electrons. The minimum absolute atomic E-state index is 0.301. The van der Waals surface area contributed by atoms with Crippen molar-refractivity contribution in [3.63, 3.8) is 0 Å². The topological polar surface area (TPSA) is 71.1 Å². The first-order chi connectivity index (χ1) is 21.4. The van der Waals surface area contributed by atoms with E-state index >= 15 is 0 Å². The van der Waals surface area contributed by atoms with E-state index in [9.17, 15) is 9.59 Å². The summed E-state index contributed by atoms with van der Waals surface area (Å²) in [5, 5.41) is 5.80. The lowest BCUT2D eigenvalue weighted by Gasteiger charge is -2.17. The van der Waals surface area contributed by atoms with Crippen LogP contribution in [0.1, 0.15) is 11.1 Å². The normalized spacial score (nSPS) is 11.1. The van der Waals surface area contributed by atoms with Crippen LogP contribution in [-0.2, 0) is 0 Å². The molecule has 0 spiro atoms. The first kappa shape index (κ1) is 27.0. The first-order valence-electron chi connectivity index (χ1n) is 14.2. The third kappa shape index (κ3) is 5.03. The number of fused-ring (bicyclic) bond motifs is 4. The monoisotopic (exact) mass is 578 g/mol. The Kier molecular flexibility index (Phi) is 6.79. The molecular weight excluding hydrogens is 552 g/mol. The van der Waals surface area contributed by atoms with Crippen LogP contribution in [0, 0.1) is 13.8 Å². The highest BCUT2D eigenvalue weighted by Crippen LogP contribution is 2.44. The van der Waals surface area contributed by atoms with Crippen molar-refractivity contribution in [2.24, 2.45) is 0 Å². The van der Waals surface area contributed by atoms with Gasteiger partial charge in [-0.2, -0.15) is 0 Å². The predicted molar refractivity (Wildman–Crippen MR) is 172 cm³/mol. The summed E-state index contributed by atoms with van der Waals surface area (Å²) in [4.78, 5) is 26.6. The largest absolute Gasteiger partial charge is 0.519 e. The molecule has 7 rings (SSSR count). The van der Waals surface area contributed by atoms with Gasteiger partial charge in [-0.15, -0.1) is 0 Å². The van der Waals surface area contributed by atoms with Gasteiger partial charge < -0.3 is 18.9 Å². The van der Waals surface area contributed by atoms with Gasteiger partial charge in [0.2, 0.25) is 0 Å². The number of carbonyl (C=O) groups is 2. The van der Waals surface area contributed by atoms with Gasteiger partial charge in [0, 0.05) is 32.3 Å². The molecule has 0 aliphatic heterocycles. The maximum atomic E-state index is 13.3. The van der Waals surface area contributed by atoms with Crippen LogP contribution in [0.25, 0.3) is 43.1 Å². The zero-order valence-corrected chi connectivity index (χ0v) is 24.0. The molecule has 6 heteroatoms. The maximum absolute atomic E-state index is 13.3. The number of hydrogen-bond acceptors (Lipinski definition) is 6. The second-order valence-electron chi connectivity index (χ2n) is 10.6. The molecule has 0 radical (unpaired) electrons. The van der Waals surface area contributed by atoms with Crippen LogP contribution < -0.4 is 18.9 Å². The SMILES string of the molecule is Cc1ccc2c(OC(=O)Oc3cccc4ccccc34)c3ccc(C)cc3c(OC(=O)Oc3cccc4ccccc34)c2c1. The molecule has 0 aromatic heterocycles. The van der Waals surface area contributed by atoms with Crippen molar-refractivity contribution < 1.29 is 28.5 Å². The molecule has 0 atom stereocenters. The molecule has 0 aliphatic rings. The molecular formula is C38H26O6. The minimum Gasteiger partial charge on any atom is -0.394 e. The molecule has 0 aliphatic carbocycles. The van der Waals surface area contributed by atoms with E-state index in [2.05, 4.69) is 0 Å². The van der Waals surface area contributed by atoms with Crippen molar-refractivity contribution in [2.45, 2.75) is 13.8 Å². The van der Waals surface area contributed by atoms with E-state index in [1.54, 1.807) is 12.1 Å². The highest BCUT2D eigenvalue weighted by atomic mass is 16.7. The van der Waals surface area contributed by atoms with Crippen LogP contribution in [0.4, 0.5) is 9.59 Å². The summed E-state index contributed by atoms with van der Waals surface area (Å²) in [7, 11) is 0. The van der Waals surface area contributed by atoms with E-state index in [1.807, 2.05) is 123 Å². The van der Waals surface area contributed by atoms with Crippen molar-refractivity contribution in [2.75, 3.05) is 0 Å². The summed E-state index contributed by atoms with van der Waals surface area (Å²) >= 11 is 0. The van der Waals surface area contributed by atoms with Crippen molar-refractivity contribution >= 4 is 55.4 Å². The molecule has 7 aromatic rings. The summed E-state index contributed by atoms with van der Waals surface area (Å²) in [6.07, 6.45) is -1.76. The molecule has 0 saturated carbocycles. The van der Waals surface area contributed by atoms with Crippen molar-refractivity contribution in [3.8, 4) is 23.0 Å². The smallest absolute Gasteiger partial charge is 0.394 e. The van der Waals surface area contributed by atoms with Crippen molar-refractivity contribution in [1.82, 2.24) is 0 Å². The third-order valence-electron chi connectivity index (χ3n) is 7.59. The molecule has 7 aromatic carbocycles. The van der Waals surface area contributed by atoms with Crippen LogP contribution in [0.3, 0.4) is 0 Å². The van der Waals surface area contributed by atoms with E-state index in [4.69, 9.17) is 18.9 Å². The average molecular weight is 579 g/mol. The average Bonchev–Trinajstić information content (AvgIpc) is 3.03. The van der Waals surface area contributed by atoms with Crippen LogP contribution in [-0.4, -0.2) is 12.3 Å². The summed E-state index contributed by atoms with van der Waals surface area (Å²) in [5.41, 5.74) is 1.86. The van der Waals surface area contributed by atoms with Gasteiger partial charge in [-0.05, 0) is 48.9 Å². The van der Waals surface area contributed by atoms with Crippen molar-refractivity contribution in [1.29, 1.82) is 0 Å². The molecule has 0 amide bonds. The van der Waals surface area contributed by atoms with E-state index in [0.29, 0.717) is 44.5 Å². The zero-order valence-electron chi connectivity index (χ0n) is 24.0. The van der Waals surface area contributed by atoms with E-state index in [-0.39, 0.29) is 0 Å². The fourth-order valence-corrected chi connectivity index (χ4v) is 5.56. The number of benzene rings is 7. The van der Waals surface area contributed by atoms with E-state index in [1.165, 1.54) is 0 Å². The summed E-state index contributed by atoms with van der Waals surface area (Å²) in [6.45, 7) is 3.88. The van der Waals surface area contributed by atoms with E-state index < -0.39 is 12.3 Å². The first-order valence-corrected chi connectivity index (χ1v) is 14.2. The Labute approximate surface area is 253 Å². The van der Waals surface area contributed by atoms with Crippen LogP contribution in [0.2, 0.25) is 0 Å². The van der Waals surface area contributed by atoms with Gasteiger partial charge in [-0.1, -0.05) is 108 Å². The Morgan fingerprint density at radius 1 is 0.409 bits per heavy atom. The molecule has 0 N–H and O–H groups in total. The van der Waals surface area contributed by atoms with Gasteiger partial charge >= 0.3 is 12.3 Å². The maximum Gasteiger partial charge on any atom is 0.519 e. The second-order valence-corrected chi connectivity index (χ2v) is 10.6. The van der Waals surface area contributed by atoms with Gasteiger partial charge in [0.05, 0.1) is 0 Å². The number of carbonyl (C=O) groups excluding carboxylic acids is 2. The number of aryl methyl sites for hydroxylation is 2. The fourth-order valence-electron chi connectivity index (χ4n) is 5.56. The Hall–Kier alpha value is -5.88. The van der Waals surface area contributed by atoms with Gasteiger partial charge in [0.25, 0.3) is 0 Å². The standard InChI is InChI=1S/C38H26O6/c1-23-17-19-29-31(21-23)36(44-38(40)42-34-16-8-12-26-10-4-6-14-28(26)34)32-22-24(2)18-20-30(32)35(29)43-37(39)41-33-15-7-11-25-9-3-5-13-27(25)33/h3-22H,1-2H3. The predicted octanol–water partition coefficient (Wildman–Crippen LogP) is 10.1. The molecule has 0 fully saturated rings. The number of hydrogen-bond donors (Lipinski definition) is 0. The Morgan fingerprint density at radius 3 is 1.30 bits per heavy atom. The molecule has 0 saturated heterocycles. The fraction of sp³-hybridized carbons (Fsp3) is 0.0526. The van der Waals surface area contributed by atoms with Gasteiger partial charge in [0.1, 0.15) is 17.2 Å². The minimum atomic E-state index is -0.880.